The van der Waals surface area contributed by atoms with E-state index < -0.39 is 40.6 Å². The van der Waals surface area contributed by atoms with E-state index in [9.17, 15) is 31.1 Å². The van der Waals surface area contributed by atoms with Crippen molar-refractivity contribution in [3.05, 3.63) is 57.3 Å². The second kappa shape index (κ2) is 6.10. The Labute approximate surface area is 147 Å². The molecule has 144 valence electrons. The third kappa shape index (κ3) is 3.40. The van der Waals surface area contributed by atoms with E-state index in [1.54, 1.807) is 0 Å². The summed E-state index contributed by atoms with van der Waals surface area (Å²) in [4.78, 5) is 18.2. The van der Waals surface area contributed by atoms with Crippen LogP contribution in [0.5, 0.6) is 0 Å². The first-order valence-electron chi connectivity index (χ1n) is 7.63. The van der Waals surface area contributed by atoms with Gasteiger partial charge in [0.25, 0.3) is 5.56 Å². The van der Waals surface area contributed by atoms with E-state index in [-0.39, 0.29) is 17.0 Å². The number of nitrogens with zero attached hydrogens (tertiary/aromatic N) is 3. The Hall–Kier alpha value is -2.85. The summed E-state index contributed by atoms with van der Waals surface area (Å²) >= 11 is 0. The van der Waals surface area contributed by atoms with Crippen LogP contribution in [0.2, 0.25) is 0 Å². The molecule has 2 heterocycles. The predicted molar refractivity (Wildman–Crippen MR) is 83.1 cm³/mol. The maximum atomic E-state index is 13.3. The fourth-order valence-corrected chi connectivity index (χ4v) is 2.72. The van der Waals surface area contributed by atoms with Crippen molar-refractivity contribution >= 4 is 11.0 Å². The molecule has 0 radical (unpaired) electrons. The predicted octanol–water partition coefficient (Wildman–Crippen LogP) is 4.07. The molecule has 3 rings (SSSR count). The zero-order valence-corrected chi connectivity index (χ0v) is 13.9. The second-order valence-corrected chi connectivity index (χ2v) is 5.94. The number of nitrogens with one attached hydrogen (secondary N) is 1. The smallest absolute Gasteiger partial charge is 0.310 e. The lowest BCUT2D eigenvalue weighted by Crippen LogP contribution is -2.14. The Bertz CT molecular complexity index is 1050. The molecular weight excluding hydrogens is 378 g/mol. The number of alkyl halides is 6. The highest BCUT2D eigenvalue weighted by atomic mass is 19.4. The van der Waals surface area contributed by atoms with Crippen LogP contribution < -0.4 is 5.56 Å². The van der Waals surface area contributed by atoms with Crippen LogP contribution in [0, 0.1) is 6.92 Å². The van der Waals surface area contributed by atoms with Crippen molar-refractivity contribution in [2.75, 3.05) is 0 Å². The minimum absolute atomic E-state index is 0.0852. The molecule has 27 heavy (non-hydrogen) atoms. The molecule has 0 amide bonds. The molecule has 0 aliphatic heterocycles. The van der Waals surface area contributed by atoms with Crippen molar-refractivity contribution in [3.8, 4) is 0 Å². The number of benzene rings is 1. The Morgan fingerprint density at radius 3 is 2.15 bits per heavy atom. The van der Waals surface area contributed by atoms with Gasteiger partial charge in [-0.25, -0.2) is 9.67 Å². The minimum atomic E-state index is -4.90. The summed E-state index contributed by atoms with van der Waals surface area (Å²) in [6, 6.07) is 3.06. The molecule has 1 aromatic carbocycles. The van der Waals surface area contributed by atoms with E-state index in [1.807, 2.05) is 0 Å². The summed E-state index contributed by atoms with van der Waals surface area (Å²) in [5.74, 6) is 0.0852. The van der Waals surface area contributed by atoms with Gasteiger partial charge in [0.2, 0.25) is 0 Å². The number of hydrogen-bond donors (Lipinski definition) is 1. The number of hydrogen-bond acceptors (Lipinski definition) is 3. The molecule has 5 nitrogen and oxygen atoms in total. The van der Waals surface area contributed by atoms with Gasteiger partial charge >= 0.3 is 12.4 Å². The van der Waals surface area contributed by atoms with Crippen LogP contribution in [0.25, 0.3) is 11.0 Å². The van der Waals surface area contributed by atoms with E-state index in [1.165, 1.54) is 13.8 Å². The number of fused-ring (bicyclic) bond motifs is 1. The Balaban J connectivity index is 2.18. The summed E-state index contributed by atoms with van der Waals surface area (Å²) in [7, 11) is 0. The molecule has 1 atom stereocenters. The highest BCUT2D eigenvalue weighted by molar-refractivity contribution is 5.78. The molecule has 11 heteroatoms. The molecule has 0 saturated carbocycles. The lowest BCUT2D eigenvalue weighted by atomic mass is 10.1. The number of aryl methyl sites for hydroxylation is 1. The summed E-state index contributed by atoms with van der Waals surface area (Å²) in [5, 5.41) is 2.78. The molecule has 0 fully saturated rings. The Kier molecular flexibility index (Phi) is 4.28. The number of aromatic nitrogens is 4. The number of H-pyrrole nitrogens is 1. The quantitative estimate of drug-likeness (QED) is 0.671. The fraction of sp³-hybridized carbons (Fsp3) is 0.312. The van der Waals surface area contributed by atoms with Crippen molar-refractivity contribution in [2.45, 2.75) is 32.2 Å². The molecule has 3 aromatic rings. The monoisotopic (exact) mass is 390 g/mol. The summed E-state index contributed by atoms with van der Waals surface area (Å²) in [6.45, 7) is 2.85. The third-order valence-electron chi connectivity index (χ3n) is 4.04. The normalized spacial score (nSPS) is 13.9. The van der Waals surface area contributed by atoms with Crippen molar-refractivity contribution in [1.29, 1.82) is 0 Å². The van der Waals surface area contributed by atoms with Gasteiger partial charge in [-0.15, -0.1) is 0 Å². The topological polar surface area (TPSA) is 63.6 Å². The van der Waals surface area contributed by atoms with Gasteiger partial charge in [-0.2, -0.15) is 31.4 Å². The van der Waals surface area contributed by atoms with Gasteiger partial charge in [0, 0.05) is 0 Å². The summed E-state index contributed by atoms with van der Waals surface area (Å²) in [6.07, 6.45) is -9.43. The first-order valence-corrected chi connectivity index (χ1v) is 7.63. The van der Waals surface area contributed by atoms with Crippen molar-refractivity contribution in [2.24, 2.45) is 0 Å². The molecule has 0 saturated heterocycles. The summed E-state index contributed by atoms with van der Waals surface area (Å²) < 4.78 is 78.8. The largest absolute Gasteiger partial charge is 0.436 e. The van der Waals surface area contributed by atoms with Crippen LogP contribution in [0.3, 0.4) is 0 Å². The average molecular weight is 390 g/mol. The number of rotatable bonds is 2. The van der Waals surface area contributed by atoms with E-state index >= 15 is 0 Å². The van der Waals surface area contributed by atoms with Gasteiger partial charge < -0.3 is 4.98 Å². The average Bonchev–Trinajstić information content (AvgIpc) is 2.93. The number of aromatic amines is 1. The Morgan fingerprint density at radius 1 is 1.04 bits per heavy atom. The van der Waals surface area contributed by atoms with Crippen LogP contribution in [0.4, 0.5) is 26.3 Å². The van der Waals surface area contributed by atoms with Crippen molar-refractivity contribution < 1.29 is 26.3 Å². The standard InChI is InChI=1S/C16H12F6N4O/c1-7(9-3-5-10(6-4-9)15(17,18)19)26-13-11(12(25-26)16(20,21)22)14(27)24-8(2)23-13/h3-7H,1-2H3,(H,23,24,27)/t7-/m1/s1. The highest BCUT2D eigenvalue weighted by Crippen LogP contribution is 2.34. The third-order valence-corrected chi connectivity index (χ3v) is 4.04. The van der Waals surface area contributed by atoms with Gasteiger partial charge in [-0.1, -0.05) is 12.1 Å². The lowest BCUT2D eigenvalue weighted by molar-refractivity contribution is -0.140. The fourth-order valence-electron chi connectivity index (χ4n) is 2.72. The van der Waals surface area contributed by atoms with Gasteiger partial charge in [-0.05, 0) is 31.5 Å². The SMILES string of the molecule is Cc1nc2c(c(C(F)(F)F)nn2[C@H](C)c2ccc(C(F)(F)F)cc2)c(=O)[nH]1. The van der Waals surface area contributed by atoms with Crippen molar-refractivity contribution in [3.63, 3.8) is 0 Å². The second-order valence-electron chi connectivity index (χ2n) is 5.94. The van der Waals surface area contributed by atoms with E-state index in [2.05, 4.69) is 15.1 Å². The number of halogens is 6. The van der Waals surface area contributed by atoms with Gasteiger partial charge in [0.15, 0.2) is 11.3 Å². The molecule has 0 aliphatic carbocycles. The van der Waals surface area contributed by atoms with Gasteiger partial charge in [0.1, 0.15) is 11.2 Å². The molecule has 0 bridgehead atoms. The van der Waals surface area contributed by atoms with Crippen LogP contribution in [0.1, 0.15) is 35.6 Å². The van der Waals surface area contributed by atoms with Crippen LogP contribution in [-0.4, -0.2) is 19.7 Å². The highest BCUT2D eigenvalue weighted by Gasteiger charge is 2.39. The lowest BCUT2D eigenvalue weighted by Gasteiger charge is -2.15. The van der Waals surface area contributed by atoms with Crippen LogP contribution in [-0.2, 0) is 12.4 Å². The molecule has 2 aromatic heterocycles. The molecule has 0 unspecified atom stereocenters. The van der Waals surface area contributed by atoms with Crippen LogP contribution in [0.15, 0.2) is 29.1 Å². The molecule has 0 spiro atoms. The molecular formula is C16H12F6N4O. The van der Waals surface area contributed by atoms with Crippen LogP contribution >= 0.6 is 0 Å². The maximum absolute atomic E-state index is 13.3. The minimum Gasteiger partial charge on any atom is -0.310 e. The zero-order valence-electron chi connectivity index (χ0n) is 13.9. The molecule has 1 N–H and O–H groups in total. The van der Waals surface area contributed by atoms with Gasteiger partial charge in [-0.3, -0.25) is 4.79 Å². The first kappa shape index (κ1) is 18.9. The van der Waals surface area contributed by atoms with Gasteiger partial charge in [0.05, 0.1) is 11.6 Å². The maximum Gasteiger partial charge on any atom is 0.436 e. The Morgan fingerprint density at radius 2 is 1.63 bits per heavy atom. The zero-order chi connectivity index (χ0) is 20.1. The summed E-state index contributed by atoms with van der Waals surface area (Å²) in [5.41, 5.74) is -3.29. The van der Waals surface area contributed by atoms with Crippen molar-refractivity contribution in [1.82, 2.24) is 19.7 Å². The van der Waals surface area contributed by atoms with E-state index in [4.69, 9.17) is 0 Å². The first-order chi connectivity index (χ1) is 12.4. The van der Waals surface area contributed by atoms with E-state index in [0.717, 1.165) is 28.9 Å². The molecule has 0 aliphatic rings. The van der Waals surface area contributed by atoms with E-state index in [0.29, 0.717) is 0 Å².